The monoisotopic (exact) mass is 290 g/mol. The Balaban J connectivity index is 2.64. The van der Waals surface area contributed by atoms with Gasteiger partial charge in [-0.25, -0.2) is 0 Å². The van der Waals surface area contributed by atoms with E-state index in [4.69, 9.17) is 28.3 Å². The molecular weight excluding hydrogens is 275 g/mol. The topological polar surface area (TPSA) is 52.6 Å². The van der Waals surface area contributed by atoms with E-state index in [1.165, 1.54) is 0 Å². The maximum Gasteiger partial charge on any atom is 0.238 e. The number of rotatable bonds is 6. The van der Waals surface area contributed by atoms with Crippen LogP contribution in [0.2, 0.25) is 10.0 Å². The van der Waals surface area contributed by atoms with E-state index in [-0.39, 0.29) is 19.1 Å². The molecule has 0 aliphatic rings. The Kier molecular flexibility index (Phi) is 6.43. The summed E-state index contributed by atoms with van der Waals surface area (Å²) in [7, 11) is 0. The van der Waals surface area contributed by atoms with E-state index < -0.39 is 0 Å². The third-order valence-corrected chi connectivity index (χ3v) is 3.09. The molecule has 0 atom stereocenters. The van der Waals surface area contributed by atoms with Crippen molar-refractivity contribution >= 4 is 34.8 Å². The van der Waals surface area contributed by atoms with Crippen molar-refractivity contribution in [2.45, 2.75) is 6.92 Å². The van der Waals surface area contributed by atoms with Crippen LogP contribution in [0.25, 0.3) is 0 Å². The Hall–Kier alpha value is -0.810. The summed E-state index contributed by atoms with van der Waals surface area (Å²) in [6, 6.07) is 5.03. The maximum absolute atomic E-state index is 11.8. The van der Waals surface area contributed by atoms with Crippen molar-refractivity contribution in [3.8, 4) is 0 Å². The predicted molar refractivity (Wildman–Crippen MR) is 74.3 cm³/mol. The molecule has 0 radical (unpaired) electrons. The largest absolute Gasteiger partial charge is 0.395 e. The molecule has 0 heterocycles. The fourth-order valence-electron chi connectivity index (χ4n) is 1.49. The zero-order valence-electron chi connectivity index (χ0n) is 10.1. The standard InChI is InChI=1S/C12H16Cl2N2O2/c1-2-16(6-7-17)8-11(18)15-12-9(13)4-3-5-10(12)14/h3-5,17H,2,6-8H2,1H3,(H,15,18). The second-order valence-electron chi connectivity index (χ2n) is 3.74. The number of aliphatic hydroxyl groups is 1. The van der Waals surface area contributed by atoms with Gasteiger partial charge in [-0.1, -0.05) is 36.2 Å². The molecule has 0 fully saturated rings. The number of carbonyl (C=O) groups is 1. The highest BCUT2D eigenvalue weighted by atomic mass is 35.5. The number of amides is 1. The molecule has 0 aliphatic carbocycles. The maximum atomic E-state index is 11.8. The van der Waals surface area contributed by atoms with Gasteiger partial charge in [-0.2, -0.15) is 0 Å². The Morgan fingerprint density at radius 3 is 2.50 bits per heavy atom. The molecule has 0 saturated heterocycles. The van der Waals surface area contributed by atoms with Crippen molar-refractivity contribution in [1.82, 2.24) is 4.90 Å². The molecule has 2 N–H and O–H groups in total. The first-order chi connectivity index (χ1) is 8.58. The number of hydrogen-bond acceptors (Lipinski definition) is 3. The molecular formula is C12H16Cl2N2O2. The van der Waals surface area contributed by atoms with Gasteiger partial charge in [-0.05, 0) is 18.7 Å². The van der Waals surface area contributed by atoms with E-state index in [1.54, 1.807) is 18.2 Å². The molecule has 1 aromatic carbocycles. The minimum absolute atomic E-state index is 0.0218. The number of nitrogens with zero attached hydrogens (tertiary/aromatic N) is 1. The molecule has 0 aliphatic heterocycles. The van der Waals surface area contributed by atoms with Crippen molar-refractivity contribution in [1.29, 1.82) is 0 Å². The summed E-state index contributed by atoms with van der Waals surface area (Å²) < 4.78 is 0. The van der Waals surface area contributed by atoms with Crippen molar-refractivity contribution in [2.75, 3.05) is 31.6 Å². The van der Waals surface area contributed by atoms with Crippen LogP contribution < -0.4 is 5.32 Å². The fourth-order valence-corrected chi connectivity index (χ4v) is 1.98. The summed E-state index contributed by atoms with van der Waals surface area (Å²) in [5.41, 5.74) is 0.422. The van der Waals surface area contributed by atoms with Crippen molar-refractivity contribution in [3.05, 3.63) is 28.2 Å². The number of hydrogen-bond donors (Lipinski definition) is 2. The van der Waals surface area contributed by atoms with Gasteiger partial charge in [-0.3, -0.25) is 9.69 Å². The Bertz CT molecular complexity index is 393. The van der Waals surface area contributed by atoms with E-state index in [0.717, 1.165) is 0 Å². The lowest BCUT2D eigenvalue weighted by molar-refractivity contribution is -0.117. The molecule has 0 unspecified atom stereocenters. The van der Waals surface area contributed by atoms with Crippen LogP contribution >= 0.6 is 23.2 Å². The molecule has 6 heteroatoms. The highest BCUT2D eigenvalue weighted by Crippen LogP contribution is 2.29. The zero-order valence-corrected chi connectivity index (χ0v) is 11.6. The highest BCUT2D eigenvalue weighted by Gasteiger charge is 2.12. The van der Waals surface area contributed by atoms with Gasteiger partial charge in [0.15, 0.2) is 0 Å². The summed E-state index contributed by atoms with van der Waals surface area (Å²) in [4.78, 5) is 13.6. The van der Waals surface area contributed by atoms with Crippen LogP contribution in [0.4, 0.5) is 5.69 Å². The number of nitrogens with one attached hydrogen (secondary N) is 1. The lowest BCUT2D eigenvalue weighted by Gasteiger charge is -2.18. The van der Waals surface area contributed by atoms with Gasteiger partial charge in [0.1, 0.15) is 0 Å². The van der Waals surface area contributed by atoms with E-state index in [2.05, 4.69) is 5.32 Å². The molecule has 18 heavy (non-hydrogen) atoms. The number of aliphatic hydroxyl groups excluding tert-OH is 1. The van der Waals surface area contributed by atoms with Gasteiger partial charge in [0.05, 0.1) is 28.9 Å². The van der Waals surface area contributed by atoms with Crippen LogP contribution in [0.5, 0.6) is 0 Å². The van der Waals surface area contributed by atoms with Crippen LogP contribution in [0.15, 0.2) is 18.2 Å². The highest BCUT2D eigenvalue weighted by molar-refractivity contribution is 6.39. The smallest absolute Gasteiger partial charge is 0.238 e. The summed E-state index contributed by atoms with van der Waals surface area (Å²) in [5, 5.41) is 12.3. The van der Waals surface area contributed by atoms with Crippen molar-refractivity contribution in [3.63, 3.8) is 0 Å². The van der Waals surface area contributed by atoms with Crippen LogP contribution in [-0.2, 0) is 4.79 Å². The van der Waals surface area contributed by atoms with Gasteiger partial charge in [0.25, 0.3) is 0 Å². The Labute approximate surface area is 116 Å². The summed E-state index contributed by atoms with van der Waals surface area (Å²) in [6.45, 7) is 3.28. The Morgan fingerprint density at radius 2 is 2.00 bits per heavy atom. The molecule has 0 saturated carbocycles. The van der Waals surface area contributed by atoms with Gasteiger partial charge < -0.3 is 10.4 Å². The second kappa shape index (κ2) is 7.59. The lowest BCUT2D eigenvalue weighted by Crippen LogP contribution is -2.35. The minimum atomic E-state index is -0.208. The van der Waals surface area contributed by atoms with Gasteiger partial charge in [-0.15, -0.1) is 0 Å². The predicted octanol–water partition coefficient (Wildman–Crippen LogP) is 2.25. The van der Waals surface area contributed by atoms with Crippen LogP contribution in [0.1, 0.15) is 6.92 Å². The number of benzene rings is 1. The normalized spacial score (nSPS) is 10.7. The average molecular weight is 291 g/mol. The quantitative estimate of drug-likeness (QED) is 0.845. The van der Waals surface area contributed by atoms with Crippen LogP contribution in [0, 0.1) is 0 Å². The van der Waals surface area contributed by atoms with E-state index in [0.29, 0.717) is 28.8 Å². The molecule has 1 rings (SSSR count). The Morgan fingerprint density at radius 1 is 1.39 bits per heavy atom. The molecule has 100 valence electrons. The number of carbonyl (C=O) groups excluding carboxylic acids is 1. The van der Waals surface area contributed by atoms with Crippen LogP contribution in [-0.4, -0.2) is 42.2 Å². The molecule has 0 aromatic heterocycles. The van der Waals surface area contributed by atoms with Gasteiger partial charge in [0, 0.05) is 6.54 Å². The van der Waals surface area contributed by atoms with Gasteiger partial charge >= 0.3 is 0 Å². The first-order valence-corrected chi connectivity index (χ1v) is 6.41. The summed E-state index contributed by atoms with van der Waals surface area (Å²) in [6.07, 6.45) is 0. The summed E-state index contributed by atoms with van der Waals surface area (Å²) >= 11 is 11.9. The second-order valence-corrected chi connectivity index (χ2v) is 4.55. The third kappa shape index (κ3) is 4.46. The number of para-hydroxylation sites is 1. The van der Waals surface area contributed by atoms with E-state index in [9.17, 15) is 4.79 Å². The molecule has 1 amide bonds. The lowest BCUT2D eigenvalue weighted by atomic mass is 10.3. The van der Waals surface area contributed by atoms with Crippen molar-refractivity contribution in [2.24, 2.45) is 0 Å². The summed E-state index contributed by atoms with van der Waals surface area (Å²) in [5.74, 6) is -0.208. The molecule has 1 aromatic rings. The number of halogens is 2. The van der Waals surface area contributed by atoms with E-state index in [1.807, 2.05) is 11.8 Å². The van der Waals surface area contributed by atoms with Gasteiger partial charge in [0.2, 0.25) is 5.91 Å². The third-order valence-electron chi connectivity index (χ3n) is 2.46. The van der Waals surface area contributed by atoms with Crippen LogP contribution in [0.3, 0.4) is 0 Å². The molecule has 0 spiro atoms. The first kappa shape index (κ1) is 15.2. The minimum Gasteiger partial charge on any atom is -0.395 e. The number of likely N-dealkylation sites (N-methyl/N-ethyl adjacent to an activating group) is 1. The van der Waals surface area contributed by atoms with E-state index >= 15 is 0 Å². The molecule has 4 nitrogen and oxygen atoms in total. The molecule has 0 bridgehead atoms. The zero-order chi connectivity index (χ0) is 13.5. The first-order valence-electron chi connectivity index (χ1n) is 5.65. The fraction of sp³-hybridized carbons (Fsp3) is 0.417. The number of anilines is 1. The average Bonchev–Trinajstić information content (AvgIpc) is 2.33. The SMILES string of the molecule is CCN(CCO)CC(=O)Nc1c(Cl)cccc1Cl. The van der Waals surface area contributed by atoms with Crippen molar-refractivity contribution < 1.29 is 9.90 Å².